The van der Waals surface area contributed by atoms with E-state index in [0.29, 0.717) is 30.8 Å². The van der Waals surface area contributed by atoms with E-state index in [2.05, 4.69) is 4.99 Å². The molecule has 1 fully saturated rings. The number of amides is 3. The number of hydrogen-bond acceptors (Lipinski definition) is 3. The van der Waals surface area contributed by atoms with Crippen LogP contribution >= 0.6 is 11.6 Å². The van der Waals surface area contributed by atoms with Crippen LogP contribution in [0.25, 0.3) is 0 Å². The number of aryl methyl sites for hydroxylation is 1. The molecule has 2 aliphatic heterocycles. The number of carbonyl (C=O) groups is 2. The van der Waals surface area contributed by atoms with Gasteiger partial charge in [0.1, 0.15) is 11.9 Å². The van der Waals surface area contributed by atoms with Crippen LogP contribution in [0.15, 0.2) is 11.2 Å². The first-order valence-electron chi connectivity index (χ1n) is 7.36. The summed E-state index contributed by atoms with van der Waals surface area (Å²) in [5.41, 5.74) is 0.993. The number of urea groups is 1. The van der Waals surface area contributed by atoms with E-state index in [9.17, 15) is 9.59 Å². The first-order chi connectivity index (χ1) is 10.5. The van der Waals surface area contributed by atoms with Gasteiger partial charge in [-0.2, -0.15) is 0 Å². The van der Waals surface area contributed by atoms with Crippen molar-refractivity contribution < 1.29 is 14.2 Å². The molecule has 118 valence electrons. The number of imide groups is 1. The van der Waals surface area contributed by atoms with Crippen molar-refractivity contribution in [3.05, 3.63) is 11.9 Å². The van der Waals surface area contributed by atoms with E-state index in [1.165, 1.54) is 9.80 Å². The molecule has 3 rings (SSSR count). The summed E-state index contributed by atoms with van der Waals surface area (Å²) in [5, 5.41) is 0. The number of hydrogen-bond donors (Lipinski definition) is 0. The summed E-state index contributed by atoms with van der Waals surface area (Å²) >= 11 is 5.85. The summed E-state index contributed by atoms with van der Waals surface area (Å²) in [7, 11) is 1.66. The van der Waals surface area contributed by atoms with Crippen LogP contribution in [0.3, 0.4) is 0 Å². The van der Waals surface area contributed by atoms with Crippen LogP contribution in [0.2, 0.25) is 0 Å². The third kappa shape index (κ3) is 1.95. The first kappa shape index (κ1) is 15.0. The molecular weight excluding hydrogens is 306 g/mol. The van der Waals surface area contributed by atoms with E-state index in [1.54, 1.807) is 7.05 Å². The Hall–Kier alpha value is -1.89. The first-order valence-corrected chi connectivity index (χ1v) is 7.89. The number of carbonyl (C=O) groups excluding carboxylic acids is 2. The number of fused-ring (bicyclic) bond motifs is 3. The average molecular weight is 325 g/mol. The lowest BCUT2D eigenvalue weighted by Crippen LogP contribution is -2.62. The van der Waals surface area contributed by atoms with Crippen molar-refractivity contribution in [3.8, 4) is 0 Å². The predicted octanol–water partition coefficient (Wildman–Crippen LogP) is 1.21. The van der Waals surface area contributed by atoms with Gasteiger partial charge >= 0.3 is 12.0 Å². The van der Waals surface area contributed by atoms with Crippen molar-refractivity contribution in [2.45, 2.75) is 32.9 Å². The number of alkyl halides is 1. The molecule has 0 saturated carbocycles. The number of halogens is 1. The molecule has 7 nitrogen and oxygen atoms in total. The Morgan fingerprint density at radius 2 is 2.09 bits per heavy atom. The van der Waals surface area contributed by atoms with E-state index in [1.807, 2.05) is 29.2 Å². The van der Waals surface area contributed by atoms with Gasteiger partial charge < -0.3 is 0 Å². The summed E-state index contributed by atoms with van der Waals surface area (Å²) in [6.45, 7) is 4.93. The number of nitrogens with zero attached hydrogens (tertiary/aromatic N) is 5. The molecule has 0 aromatic carbocycles. The van der Waals surface area contributed by atoms with Crippen molar-refractivity contribution >= 4 is 35.3 Å². The zero-order valence-electron chi connectivity index (χ0n) is 12.9. The molecule has 3 amide bonds. The van der Waals surface area contributed by atoms with Gasteiger partial charge in [-0.3, -0.25) is 14.6 Å². The molecular formula is C14H19ClN5O2+. The summed E-state index contributed by atoms with van der Waals surface area (Å²) in [6.07, 6.45) is 2.63. The number of amidine groups is 1. The molecule has 1 aromatic heterocycles. The van der Waals surface area contributed by atoms with Crippen molar-refractivity contribution in [2.75, 3.05) is 19.5 Å². The van der Waals surface area contributed by atoms with E-state index in [0.717, 1.165) is 12.1 Å². The fourth-order valence-corrected chi connectivity index (χ4v) is 3.19. The Bertz CT molecular complexity index is 681. The lowest BCUT2D eigenvalue weighted by atomic mass is 10.1. The molecule has 0 spiro atoms. The van der Waals surface area contributed by atoms with E-state index in [4.69, 9.17) is 11.6 Å². The van der Waals surface area contributed by atoms with Gasteiger partial charge in [0.2, 0.25) is 11.9 Å². The Balaban J connectivity index is 2.08. The second kappa shape index (κ2) is 5.39. The summed E-state index contributed by atoms with van der Waals surface area (Å²) in [6, 6.07) is -0.868. The van der Waals surface area contributed by atoms with Crippen LogP contribution in [-0.2, 0) is 11.3 Å². The maximum atomic E-state index is 12.7. The molecule has 0 bridgehead atoms. The molecule has 1 aromatic rings. The van der Waals surface area contributed by atoms with E-state index < -0.39 is 6.04 Å². The van der Waals surface area contributed by atoms with Gasteiger partial charge in [-0.15, -0.1) is 11.6 Å². The fraction of sp³-hybridized carbons (Fsp3) is 0.571. The highest BCUT2D eigenvalue weighted by atomic mass is 35.5. The number of likely N-dealkylation sites (N-methyl/N-ethyl adjacent to an activating group) is 1. The average Bonchev–Trinajstić information content (AvgIpc) is 2.99. The predicted molar refractivity (Wildman–Crippen MR) is 81.4 cm³/mol. The molecule has 1 atom stereocenters. The highest BCUT2D eigenvalue weighted by molar-refractivity contribution is 6.19. The Morgan fingerprint density at radius 1 is 1.36 bits per heavy atom. The minimum atomic E-state index is -0.556. The normalized spacial score (nSPS) is 20.4. The number of aromatic nitrogens is 2. The van der Waals surface area contributed by atoms with Gasteiger partial charge in [-0.25, -0.2) is 13.9 Å². The third-order valence-corrected chi connectivity index (χ3v) is 4.25. The Morgan fingerprint density at radius 3 is 2.73 bits per heavy atom. The molecule has 1 unspecified atom stereocenters. The fourth-order valence-electron chi connectivity index (χ4n) is 3.02. The smallest absolute Gasteiger partial charge is 0.270 e. The molecule has 2 aliphatic rings. The van der Waals surface area contributed by atoms with Gasteiger partial charge in [0.15, 0.2) is 0 Å². The van der Waals surface area contributed by atoms with Crippen LogP contribution in [0.1, 0.15) is 25.1 Å². The molecule has 1 saturated heterocycles. The van der Waals surface area contributed by atoms with E-state index >= 15 is 0 Å². The molecule has 8 heteroatoms. The standard InChI is InChI=1S/C14H19ClN5O2/c1-4-6-19-12(21)10-11(17(3)14(19)22)16-13-18(7-5-15)9(2)8-20(10)13/h8,10H,4-7H2,1-3H3/q+1. The minimum absolute atomic E-state index is 0.213. The van der Waals surface area contributed by atoms with Crippen LogP contribution < -0.4 is 4.57 Å². The zero-order chi connectivity index (χ0) is 16.0. The third-order valence-electron chi connectivity index (χ3n) is 4.08. The molecule has 0 radical (unpaired) electrons. The summed E-state index contributed by atoms with van der Waals surface area (Å²) in [4.78, 5) is 32.4. The number of rotatable bonds is 4. The summed E-state index contributed by atoms with van der Waals surface area (Å²) < 4.78 is 3.80. The van der Waals surface area contributed by atoms with Gasteiger partial charge in [0.05, 0.1) is 12.4 Å². The molecule has 3 heterocycles. The van der Waals surface area contributed by atoms with E-state index in [-0.39, 0.29) is 11.9 Å². The number of imidazole rings is 1. The summed E-state index contributed by atoms with van der Waals surface area (Å²) in [5.74, 6) is 1.41. The van der Waals surface area contributed by atoms with Crippen molar-refractivity contribution in [3.63, 3.8) is 0 Å². The minimum Gasteiger partial charge on any atom is -0.270 e. The maximum Gasteiger partial charge on any atom is 0.401 e. The lowest BCUT2D eigenvalue weighted by Gasteiger charge is -2.32. The van der Waals surface area contributed by atoms with Gasteiger partial charge in [-0.1, -0.05) is 11.9 Å². The zero-order valence-corrected chi connectivity index (χ0v) is 13.7. The monoisotopic (exact) mass is 324 g/mol. The van der Waals surface area contributed by atoms with Gasteiger partial charge in [-0.05, 0) is 13.3 Å². The Labute approximate surface area is 133 Å². The topological polar surface area (TPSA) is 61.8 Å². The van der Waals surface area contributed by atoms with Crippen molar-refractivity contribution in [1.82, 2.24) is 14.4 Å². The SMILES string of the molecule is CCCN1C(=O)C2C(=Nc3n(CCCl)c(C)c[n+]32)N(C)C1=O. The highest BCUT2D eigenvalue weighted by Gasteiger charge is 2.52. The molecule has 0 N–H and O–H groups in total. The maximum absolute atomic E-state index is 12.7. The van der Waals surface area contributed by atoms with Crippen molar-refractivity contribution in [2.24, 2.45) is 4.99 Å². The Kier molecular flexibility index (Phi) is 3.68. The van der Waals surface area contributed by atoms with Crippen LogP contribution in [0.5, 0.6) is 0 Å². The largest absolute Gasteiger partial charge is 0.401 e. The highest BCUT2D eigenvalue weighted by Crippen LogP contribution is 2.29. The van der Waals surface area contributed by atoms with Crippen LogP contribution in [-0.4, -0.2) is 51.6 Å². The second-order valence-electron chi connectivity index (χ2n) is 5.52. The van der Waals surface area contributed by atoms with Crippen LogP contribution in [0.4, 0.5) is 10.7 Å². The van der Waals surface area contributed by atoms with Gasteiger partial charge in [0.25, 0.3) is 5.91 Å². The number of aliphatic imine (C=N–C) groups is 1. The molecule has 22 heavy (non-hydrogen) atoms. The molecule has 0 aliphatic carbocycles. The van der Waals surface area contributed by atoms with Crippen LogP contribution in [0, 0.1) is 6.92 Å². The quantitative estimate of drug-likeness (QED) is 0.617. The lowest BCUT2D eigenvalue weighted by molar-refractivity contribution is -0.677. The van der Waals surface area contributed by atoms with Gasteiger partial charge in [0, 0.05) is 13.6 Å². The van der Waals surface area contributed by atoms with Crippen molar-refractivity contribution in [1.29, 1.82) is 0 Å². The second-order valence-corrected chi connectivity index (χ2v) is 5.90.